The third kappa shape index (κ3) is 1.98. The molecule has 20 heavy (non-hydrogen) atoms. The van der Waals surface area contributed by atoms with Crippen molar-refractivity contribution in [3.05, 3.63) is 54.0 Å². The predicted octanol–water partition coefficient (Wildman–Crippen LogP) is 2.08. The van der Waals surface area contributed by atoms with Crippen molar-refractivity contribution in [2.45, 2.75) is 12.8 Å². The van der Waals surface area contributed by atoms with Gasteiger partial charge in [-0.05, 0) is 30.2 Å². The van der Waals surface area contributed by atoms with Gasteiger partial charge in [0.1, 0.15) is 0 Å². The molecule has 4 bridgehead atoms. The molecule has 0 unspecified atom stereocenters. The molecule has 100 valence electrons. The van der Waals surface area contributed by atoms with Gasteiger partial charge < -0.3 is 5.32 Å². The largest absolute Gasteiger partial charge is 0.316 e. The van der Waals surface area contributed by atoms with E-state index in [2.05, 4.69) is 34.7 Å². The highest BCUT2D eigenvalue weighted by atomic mass is 15.2. The summed E-state index contributed by atoms with van der Waals surface area (Å²) in [5.74, 6) is 0. The van der Waals surface area contributed by atoms with E-state index in [4.69, 9.17) is 4.98 Å². The van der Waals surface area contributed by atoms with E-state index in [1.807, 2.05) is 23.0 Å². The van der Waals surface area contributed by atoms with Crippen LogP contribution in [0.1, 0.15) is 11.3 Å². The smallest absolute Gasteiger partial charge is 0.163 e. The second-order valence-corrected chi connectivity index (χ2v) is 5.20. The number of nitrogens with zero attached hydrogens (tertiary/aromatic N) is 3. The first-order valence-corrected chi connectivity index (χ1v) is 7.03. The third-order valence-electron chi connectivity index (χ3n) is 3.81. The monoisotopic (exact) mass is 264 g/mol. The molecule has 0 spiro atoms. The van der Waals surface area contributed by atoms with Crippen LogP contribution in [0.25, 0.3) is 16.8 Å². The van der Waals surface area contributed by atoms with E-state index < -0.39 is 0 Å². The molecule has 1 N–H and O–H groups in total. The maximum Gasteiger partial charge on any atom is 0.163 e. The van der Waals surface area contributed by atoms with Gasteiger partial charge in [-0.15, -0.1) is 0 Å². The molecular weight excluding hydrogens is 248 g/mol. The molecule has 0 aliphatic carbocycles. The number of hydrogen-bond acceptors (Lipinski definition) is 3. The quantitative estimate of drug-likeness (QED) is 0.676. The Kier molecular flexibility index (Phi) is 2.74. The number of benzene rings is 1. The first kappa shape index (κ1) is 11.6. The summed E-state index contributed by atoms with van der Waals surface area (Å²) in [5.41, 5.74) is 5.72. The summed E-state index contributed by atoms with van der Waals surface area (Å²) in [6.45, 7) is 1.97. The fourth-order valence-corrected chi connectivity index (χ4v) is 2.72. The first-order chi connectivity index (χ1) is 9.90. The molecule has 3 heterocycles. The maximum atomic E-state index is 4.76. The van der Waals surface area contributed by atoms with Gasteiger partial charge in [-0.2, -0.15) is 5.10 Å². The summed E-state index contributed by atoms with van der Waals surface area (Å²) >= 11 is 0. The van der Waals surface area contributed by atoms with Crippen molar-refractivity contribution in [1.29, 1.82) is 0 Å². The van der Waals surface area contributed by atoms with Crippen LogP contribution in [0.5, 0.6) is 0 Å². The Morgan fingerprint density at radius 3 is 3.05 bits per heavy atom. The Morgan fingerprint density at radius 1 is 1.10 bits per heavy atom. The third-order valence-corrected chi connectivity index (χ3v) is 3.81. The van der Waals surface area contributed by atoms with E-state index in [9.17, 15) is 0 Å². The zero-order chi connectivity index (χ0) is 13.4. The van der Waals surface area contributed by atoms with E-state index >= 15 is 0 Å². The normalized spacial score (nSPS) is 15.0. The van der Waals surface area contributed by atoms with E-state index in [1.54, 1.807) is 0 Å². The lowest BCUT2D eigenvalue weighted by Gasteiger charge is -2.09. The number of rotatable bonds is 0. The average Bonchev–Trinajstić information content (AvgIpc) is 2.89. The van der Waals surface area contributed by atoms with Gasteiger partial charge in [-0.3, -0.25) is 0 Å². The summed E-state index contributed by atoms with van der Waals surface area (Å²) in [6, 6.07) is 10.7. The number of hydrogen-bond donors (Lipinski definition) is 1. The Hall–Kier alpha value is -2.20. The van der Waals surface area contributed by atoms with Gasteiger partial charge in [-0.25, -0.2) is 9.50 Å². The molecule has 0 atom stereocenters. The van der Waals surface area contributed by atoms with Crippen LogP contribution in [0, 0.1) is 0 Å². The summed E-state index contributed by atoms with van der Waals surface area (Å²) < 4.78 is 1.85. The topological polar surface area (TPSA) is 42.2 Å². The van der Waals surface area contributed by atoms with Crippen molar-refractivity contribution < 1.29 is 0 Å². The van der Waals surface area contributed by atoms with Gasteiger partial charge in [0.2, 0.25) is 0 Å². The molecule has 4 nitrogen and oxygen atoms in total. The van der Waals surface area contributed by atoms with Crippen molar-refractivity contribution in [2.24, 2.45) is 0 Å². The van der Waals surface area contributed by atoms with Crippen molar-refractivity contribution in [1.82, 2.24) is 19.9 Å². The Morgan fingerprint density at radius 2 is 2.05 bits per heavy atom. The summed E-state index contributed by atoms with van der Waals surface area (Å²) in [5, 5.41) is 7.88. The van der Waals surface area contributed by atoms with Gasteiger partial charge in [0.05, 0.1) is 6.20 Å². The molecule has 1 aromatic carbocycles. The van der Waals surface area contributed by atoms with E-state index in [1.165, 1.54) is 11.1 Å². The minimum absolute atomic E-state index is 0.945. The average molecular weight is 264 g/mol. The molecule has 1 aliphatic heterocycles. The SMILES string of the molecule is c1cc2cc(c1)-c1cnn3ccc(nc13)CCNCC2. The first-order valence-electron chi connectivity index (χ1n) is 7.03. The van der Waals surface area contributed by atoms with Crippen LogP contribution in [0.2, 0.25) is 0 Å². The molecule has 0 radical (unpaired) electrons. The Labute approximate surface area is 117 Å². The molecule has 0 amide bonds. The van der Waals surface area contributed by atoms with E-state index in [0.717, 1.165) is 42.8 Å². The second-order valence-electron chi connectivity index (χ2n) is 5.20. The number of aromatic nitrogens is 3. The molecule has 1 aliphatic rings. The lowest BCUT2D eigenvalue weighted by Crippen LogP contribution is -2.20. The maximum absolute atomic E-state index is 4.76. The van der Waals surface area contributed by atoms with Crippen molar-refractivity contribution in [2.75, 3.05) is 13.1 Å². The fraction of sp³-hybridized carbons (Fsp3) is 0.250. The number of fused-ring (bicyclic) bond motifs is 4. The van der Waals surface area contributed by atoms with Gasteiger partial charge in [0.15, 0.2) is 5.65 Å². The van der Waals surface area contributed by atoms with Gasteiger partial charge in [0, 0.05) is 30.4 Å². The van der Waals surface area contributed by atoms with Gasteiger partial charge in [-0.1, -0.05) is 24.3 Å². The molecule has 2 aromatic heterocycles. The lowest BCUT2D eigenvalue weighted by atomic mass is 10.0. The van der Waals surface area contributed by atoms with Crippen LogP contribution in [0.3, 0.4) is 0 Å². The van der Waals surface area contributed by atoms with Gasteiger partial charge >= 0.3 is 0 Å². The minimum Gasteiger partial charge on any atom is -0.316 e. The fourth-order valence-electron chi connectivity index (χ4n) is 2.72. The highest BCUT2D eigenvalue weighted by Crippen LogP contribution is 2.24. The van der Waals surface area contributed by atoms with Crippen molar-refractivity contribution in [3.8, 4) is 11.1 Å². The molecule has 0 saturated carbocycles. The molecule has 4 heteroatoms. The summed E-state index contributed by atoms with van der Waals surface area (Å²) in [6.07, 6.45) is 5.92. The number of nitrogens with one attached hydrogen (secondary N) is 1. The van der Waals surface area contributed by atoms with Crippen LogP contribution in [0.15, 0.2) is 42.7 Å². The molecule has 0 saturated heterocycles. The predicted molar refractivity (Wildman–Crippen MR) is 78.7 cm³/mol. The zero-order valence-electron chi connectivity index (χ0n) is 11.2. The van der Waals surface area contributed by atoms with Crippen molar-refractivity contribution >= 4 is 5.65 Å². The summed E-state index contributed by atoms with van der Waals surface area (Å²) in [7, 11) is 0. The van der Waals surface area contributed by atoms with Crippen LogP contribution in [0.4, 0.5) is 0 Å². The lowest BCUT2D eigenvalue weighted by molar-refractivity contribution is 0.674. The van der Waals surface area contributed by atoms with Crippen LogP contribution < -0.4 is 5.32 Å². The van der Waals surface area contributed by atoms with E-state index in [-0.39, 0.29) is 0 Å². The van der Waals surface area contributed by atoms with E-state index in [0.29, 0.717) is 0 Å². The molecule has 3 aromatic rings. The molecular formula is C16H16N4. The highest BCUT2D eigenvalue weighted by Gasteiger charge is 2.10. The Balaban J connectivity index is 1.95. The van der Waals surface area contributed by atoms with Gasteiger partial charge in [0.25, 0.3) is 0 Å². The van der Waals surface area contributed by atoms with Crippen LogP contribution >= 0.6 is 0 Å². The summed E-state index contributed by atoms with van der Waals surface area (Å²) in [4.78, 5) is 4.76. The van der Waals surface area contributed by atoms with Crippen molar-refractivity contribution in [3.63, 3.8) is 0 Å². The minimum atomic E-state index is 0.945. The van der Waals surface area contributed by atoms with Crippen LogP contribution in [-0.2, 0) is 12.8 Å². The standard InChI is InChI=1S/C16H16N4/c1-2-12-4-7-17-8-5-14-6-9-20-16(19-14)15(11-18-20)13(3-1)10-12/h1-3,6,9-11,17H,4-5,7-8H2. The zero-order valence-corrected chi connectivity index (χ0v) is 11.2. The molecule has 0 fully saturated rings. The second kappa shape index (κ2) is 4.72. The highest BCUT2D eigenvalue weighted by molar-refractivity contribution is 5.77. The Bertz CT molecular complexity index is 760. The molecule has 4 rings (SSSR count). The van der Waals surface area contributed by atoms with Crippen LogP contribution in [-0.4, -0.2) is 27.7 Å².